The molecular formula is C14H13NO. The normalized spacial score (nSPS) is 18.1. The molecule has 1 aliphatic rings. The Balaban J connectivity index is 1.75. The van der Waals surface area contributed by atoms with Gasteiger partial charge in [-0.1, -0.05) is 30.3 Å². The van der Waals surface area contributed by atoms with Crippen molar-refractivity contribution >= 4 is 11.4 Å². The van der Waals surface area contributed by atoms with Crippen molar-refractivity contribution < 1.29 is 4.74 Å². The number of anilines is 2. The molecule has 2 heteroatoms. The lowest BCUT2D eigenvalue weighted by Crippen LogP contribution is -1.90. The van der Waals surface area contributed by atoms with E-state index in [0.717, 1.165) is 18.0 Å². The Kier molecular flexibility index (Phi) is 2.35. The first-order valence-electron chi connectivity index (χ1n) is 5.45. The maximum absolute atomic E-state index is 5.23. The molecule has 0 saturated carbocycles. The van der Waals surface area contributed by atoms with E-state index < -0.39 is 0 Å². The Morgan fingerprint density at radius 2 is 1.50 bits per heavy atom. The number of epoxide rings is 1. The SMILES string of the molecule is c1ccc(Nc2ccc(C3CO3)cc2)cc1. The Bertz CT molecular complexity index is 460. The van der Waals surface area contributed by atoms with E-state index in [1.165, 1.54) is 5.56 Å². The van der Waals surface area contributed by atoms with Gasteiger partial charge in [-0.2, -0.15) is 0 Å². The average Bonchev–Trinajstić information content (AvgIpc) is 3.15. The topological polar surface area (TPSA) is 24.6 Å². The Labute approximate surface area is 94.9 Å². The van der Waals surface area contributed by atoms with Crippen LogP contribution in [0.25, 0.3) is 0 Å². The van der Waals surface area contributed by atoms with Gasteiger partial charge in [-0.25, -0.2) is 0 Å². The van der Waals surface area contributed by atoms with Gasteiger partial charge in [-0.05, 0) is 29.8 Å². The zero-order valence-corrected chi connectivity index (χ0v) is 8.89. The van der Waals surface area contributed by atoms with Crippen LogP contribution in [0, 0.1) is 0 Å². The summed E-state index contributed by atoms with van der Waals surface area (Å²) >= 11 is 0. The fourth-order valence-corrected chi connectivity index (χ4v) is 1.71. The third-order valence-electron chi connectivity index (χ3n) is 2.68. The van der Waals surface area contributed by atoms with Crippen LogP contribution in [0.1, 0.15) is 11.7 Å². The Hall–Kier alpha value is -1.80. The number of para-hydroxylation sites is 1. The summed E-state index contributed by atoms with van der Waals surface area (Å²) in [6, 6.07) is 18.6. The molecular weight excluding hydrogens is 198 g/mol. The molecule has 2 aromatic rings. The van der Waals surface area contributed by atoms with Crippen LogP contribution in [0.15, 0.2) is 54.6 Å². The van der Waals surface area contributed by atoms with E-state index in [0.29, 0.717) is 6.10 Å². The highest BCUT2D eigenvalue weighted by molar-refractivity contribution is 5.59. The minimum atomic E-state index is 0.339. The van der Waals surface area contributed by atoms with Crippen molar-refractivity contribution in [1.29, 1.82) is 0 Å². The molecule has 16 heavy (non-hydrogen) atoms. The molecule has 1 heterocycles. The number of hydrogen-bond donors (Lipinski definition) is 1. The van der Waals surface area contributed by atoms with Crippen molar-refractivity contribution in [3.63, 3.8) is 0 Å². The number of hydrogen-bond acceptors (Lipinski definition) is 2. The second-order valence-electron chi connectivity index (χ2n) is 3.94. The first-order chi connectivity index (χ1) is 7.92. The molecule has 1 fully saturated rings. The van der Waals surface area contributed by atoms with Crippen molar-refractivity contribution in [3.8, 4) is 0 Å². The number of nitrogens with one attached hydrogen (secondary N) is 1. The highest BCUT2D eigenvalue weighted by Gasteiger charge is 2.24. The minimum absolute atomic E-state index is 0.339. The molecule has 1 N–H and O–H groups in total. The molecule has 1 saturated heterocycles. The van der Waals surface area contributed by atoms with E-state index >= 15 is 0 Å². The van der Waals surface area contributed by atoms with Gasteiger partial charge >= 0.3 is 0 Å². The molecule has 1 aliphatic heterocycles. The highest BCUT2D eigenvalue weighted by Crippen LogP contribution is 2.30. The first-order valence-corrected chi connectivity index (χ1v) is 5.45. The van der Waals surface area contributed by atoms with Crippen LogP contribution in [0.3, 0.4) is 0 Å². The van der Waals surface area contributed by atoms with Crippen LogP contribution in [0.2, 0.25) is 0 Å². The van der Waals surface area contributed by atoms with Crippen molar-refractivity contribution in [2.24, 2.45) is 0 Å². The minimum Gasteiger partial charge on any atom is -0.368 e. The molecule has 2 nitrogen and oxygen atoms in total. The lowest BCUT2D eigenvalue weighted by atomic mass is 10.1. The van der Waals surface area contributed by atoms with Gasteiger partial charge in [0.1, 0.15) is 6.10 Å². The monoisotopic (exact) mass is 211 g/mol. The smallest absolute Gasteiger partial charge is 0.106 e. The molecule has 1 unspecified atom stereocenters. The summed E-state index contributed by atoms with van der Waals surface area (Å²) in [5, 5.41) is 3.35. The standard InChI is InChI=1S/C14H13NO/c1-2-4-12(5-3-1)15-13-8-6-11(7-9-13)14-10-16-14/h1-9,14-15H,10H2. The summed E-state index contributed by atoms with van der Waals surface area (Å²) in [4.78, 5) is 0. The number of benzene rings is 2. The largest absolute Gasteiger partial charge is 0.368 e. The predicted molar refractivity (Wildman–Crippen MR) is 64.9 cm³/mol. The van der Waals surface area contributed by atoms with Crippen LogP contribution < -0.4 is 5.32 Å². The lowest BCUT2D eigenvalue weighted by molar-refractivity contribution is 0.415. The van der Waals surface area contributed by atoms with Crippen LogP contribution >= 0.6 is 0 Å². The maximum Gasteiger partial charge on any atom is 0.106 e. The average molecular weight is 211 g/mol. The van der Waals surface area contributed by atoms with E-state index in [4.69, 9.17) is 4.74 Å². The molecule has 0 spiro atoms. The fraction of sp³-hybridized carbons (Fsp3) is 0.143. The van der Waals surface area contributed by atoms with Crippen molar-refractivity contribution in [3.05, 3.63) is 60.2 Å². The summed E-state index contributed by atoms with van der Waals surface area (Å²) < 4.78 is 5.23. The second-order valence-corrected chi connectivity index (χ2v) is 3.94. The van der Waals surface area contributed by atoms with Gasteiger partial charge in [-0.15, -0.1) is 0 Å². The van der Waals surface area contributed by atoms with E-state index in [1.807, 2.05) is 18.2 Å². The lowest BCUT2D eigenvalue weighted by Gasteiger charge is -2.06. The first kappa shape index (κ1) is 9.43. The summed E-state index contributed by atoms with van der Waals surface area (Å²) in [7, 11) is 0. The third-order valence-corrected chi connectivity index (χ3v) is 2.68. The van der Waals surface area contributed by atoms with Crippen LogP contribution in [-0.2, 0) is 4.74 Å². The number of ether oxygens (including phenoxy) is 1. The third kappa shape index (κ3) is 2.07. The zero-order valence-electron chi connectivity index (χ0n) is 8.89. The summed E-state index contributed by atoms with van der Waals surface area (Å²) in [5.41, 5.74) is 3.48. The molecule has 0 aromatic heterocycles. The number of rotatable bonds is 3. The van der Waals surface area contributed by atoms with Crippen LogP contribution in [0.4, 0.5) is 11.4 Å². The van der Waals surface area contributed by atoms with Gasteiger partial charge in [-0.3, -0.25) is 0 Å². The molecule has 3 rings (SSSR count). The fourth-order valence-electron chi connectivity index (χ4n) is 1.71. The molecule has 0 radical (unpaired) electrons. The van der Waals surface area contributed by atoms with Gasteiger partial charge in [0.25, 0.3) is 0 Å². The Morgan fingerprint density at radius 1 is 0.875 bits per heavy atom. The highest BCUT2D eigenvalue weighted by atomic mass is 16.6. The summed E-state index contributed by atoms with van der Waals surface area (Å²) in [6.45, 7) is 0.867. The van der Waals surface area contributed by atoms with Gasteiger partial charge in [0.15, 0.2) is 0 Å². The zero-order chi connectivity index (χ0) is 10.8. The van der Waals surface area contributed by atoms with Crippen molar-refractivity contribution in [2.75, 3.05) is 11.9 Å². The maximum atomic E-state index is 5.23. The molecule has 0 aliphatic carbocycles. The van der Waals surface area contributed by atoms with E-state index in [1.54, 1.807) is 0 Å². The van der Waals surface area contributed by atoms with E-state index in [-0.39, 0.29) is 0 Å². The molecule has 0 amide bonds. The molecule has 2 aromatic carbocycles. The Morgan fingerprint density at radius 3 is 2.12 bits per heavy atom. The van der Waals surface area contributed by atoms with Gasteiger partial charge in [0.2, 0.25) is 0 Å². The van der Waals surface area contributed by atoms with Gasteiger partial charge in [0.05, 0.1) is 6.61 Å². The van der Waals surface area contributed by atoms with Crippen LogP contribution in [0.5, 0.6) is 0 Å². The molecule has 1 atom stereocenters. The van der Waals surface area contributed by atoms with Gasteiger partial charge in [0, 0.05) is 11.4 Å². The van der Waals surface area contributed by atoms with Crippen LogP contribution in [-0.4, -0.2) is 6.61 Å². The quantitative estimate of drug-likeness (QED) is 0.786. The molecule has 0 bridgehead atoms. The van der Waals surface area contributed by atoms with E-state index in [2.05, 4.69) is 41.7 Å². The van der Waals surface area contributed by atoms with E-state index in [9.17, 15) is 0 Å². The summed E-state index contributed by atoms with van der Waals surface area (Å²) in [5.74, 6) is 0. The van der Waals surface area contributed by atoms with Crippen molar-refractivity contribution in [1.82, 2.24) is 0 Å². The van der Waals surface area contributed by atoms with Crippen molar-refractivity contribution in [2.45, 2.75) is 6.10 Å². The predicted octanol–water partition coefficient (Wildman–Crippen LogP) is 3.50. The van der Waals surface area contributed by atoms with Gasteiger partial charge < -0.3 is 10.1 Å². The molecule has 80 valence electrons. The second kappa shape index (κ2) is 3.99. The summed E-state index contributed by atoms with van der Waals surface area (Å²) in [6.07, 6.45) is 0.339.